The van der Waals surface area contributed by atoms with Gasteiger partial charge in [0.2, 0.25) is 0 Å². The molecule has 1 aliphatic rings. The Morgan fingerprint density at radius 1 is 0.451 bits per heavy atom. The van der Waals surface area contributed by atoms with Gasteiger partial charge in [-0.15, -0.1) is 0 Å². The average molecular weight is 654 g/mol. The Kier molecular flexibility index (Phi) is 6.85. The smallest absolute Gasteiger partial charge is 0.159 e. The number of nitrogens with zero attached hydrogens (tertiary/aromatic N) is 2. The van der Waals surface area contributed by atoms with Crippen LogP contribution in [0.15, 0.2) is 190 Å². The molecule has 0 spiro atoms. The lowest BCUT2D eigenvalue weighted by molar-refractivity contribution is 0.668. The van der Waals surface area contributed by atoms with Crippen LogP contribution >= 0.6 is 0 Å². The van der Waals surface area contributed by atoms with Crippen molar-refractivity contribution in [1.82, 2.24) is 5.32 Å². The minimum Gasteiger partial charge on any atom is -0.456 e. The molecule has 8 aromatic carbocycles. The first kappa shape index (κ1) is 29.2. The quantitative estimate of drug-likeness (QED) is 0.201. The molecule has 0 saturated carbocycles. The minimum atomic E-state index is -0.317. The van der Waals surface area contributed by atoms with Gasteiger partial charge in [0, 0.05) is 21.9 Å². The third-order valence-corrected chi connectivity index (χ3v) is 9.94. The van der Waals surface area contributed by atoms with Crippen LogP contribution in [-0.4, -0.2) is 11.7 Å². The second kappa shape index (κ2) is 12.0. The Bertz CT molecular complexity index is 2830. The van der Waals surface area contributed by atoms with E-state index in [2.05, 4.69) is 169 Å². The van der Waals surface area contributed by atoms with E-state index < -0.39 is 0 Å². The fourth-order valence-electron chi connectivity index (χ4n) is 7.54. The molecule has 1 aromatic heterocycles. The first-order chi connectivity index (χ1) is 25.3. The molecule has 4 heteroatoms. The summed E-state index contributed by atoms with van der Waals surface area (Å²) in [5.41, 5.74) is 9.36. The Balaban J connectivity index is 1.19. The van der Waals surface area contributed by atoms with E-state index in [4.69, 9.17) is 14.4 Å². The van der Waals surface area contributed by atoms with Crippen LogP contribution in [0, 0.1) is 0 Å². The van der Waals surface area contributed by atoms with Gasteiger partial charge in [0.05, 0.1) is 0 Å². The van der Waals surface area contributed by atoms with E-state index in [0.717, 1.165) is 61.0 Å². The van der Waals surface area contributed by atoms with E-state index >= 15 is 0 Å². The predicted octanol–water partition coefficient (Wildman–Crippen LogP) is 11.7. The number of furan rings is 1. The molecule has 240 valence electrons. The Hall–Kier alpha value is -6.78. The Labute approximate surface area is 295 Å². The molecule has 0 fully saturated rings. The second-order valence-electron chi connectivity index (χ2n) is 13.0. The lowest BCUT2D eigenvalue weighted by atomic mass is 9.90. The van der Waals surface area contributed by atoms with Crippen LogP contribution in [0.3, 0.4) is 0 Å². The Morgan fingerprint density at radius 3 is 1.86 bits per heavy atom. The maximum atomic E-state index is 6.61. The molecule has 10 rings (SSSR count). The summed E-state index contributed by atoms with van der Waals surface area (Å²) in [5.74, 6) is 1.45. The molecule has 1 atom stereocenters. The summed E-state index contributed by atoms with van der Waals surface area (Å²) in [6.45, 7) is 0. The van der Waals surface area contributed by atoms with Gasteiger partial charge < -0.3 is 9.73 Å². The monoisotopic (exact) mass is 653 g/mol. The largest absolute Gasteiger partial charge is 0.456 e. The maximum absolute atomic E-state index is 6.61. The predicted molar refractivity (Wildman–Crippen MR) is 211 cm³/mol. The van der Waals surface area contributed by atoms with Crippen molar-refractivity contribution >= 4 is 55.2 Å². The normalized spacial score (nSPS) is 14.5. The van der Waals surface area contributed by atoms with Crippen LogP contribution in [0.1, 0.15) is 22.9 Å². The summed E-state index contributed by atoms with van der Waals surface area (Å²) in [7, 11) is 0. The lowest BCUT2D eigenvalue weighted by Gasteiger charge is -2.24. The fourth-order valence-corrected chi connectivity index (χ4v) is 7.54. The van der Waals surface area contributed by atoms with Crippen molar-refractivity contribution in [2.75, 3.05) is 0 Å². The molecule has 1 unspecified atom stereocenters. The summed E-state index contributed by atoms with van der Waals surface area (Å²) < 4.78 is 6.61. The Morgan fingerprint density at radius 2 is 1.08 bits per heavy atom. The fraction of sp³-hybridized carbons (Fsp3) is 0.0213. The highest BCUT2D eigenvalue weighted by atomic mass is 16.3. The van der Waals surface area contributed by atoms with Crippen LogP contribution in [0.2, 0.25) is 0 Å². The number of nitrogens with one attached hydrogen (secondary N) is 1. The van der Waals surface area contributed by atoms with Gasteiger partial charge in [-0.25, -0.2) is 9.98 Å². The van der Waals surface area contributed by atoms with Crippen LogP contribution < -0.4 is 5.32 Å². The molecule has 51 heavy (non-hydrogen) atoms. The molecule has 9 aromatic rings. The van der Waals surface area contributed by atoms with E-state index in [1.807, 2.05) is 12.1 Å². The molecule has 4 nitrogen and oxygen atoms in total. The topological polar surface area (TPSA) is 49.9 Å². The van der Waals surface area contributed by atoms with Gasteiger partial charge in [-0.3, -0.25) is 0 Å². The first-order valence-electron chi connectivity index (χ1n) is 17.3. The van der Waals surface area contributed by atoms with Crippen molar-refractivity contribution in [3.05, 3.63) is 193 Å². The molecular formula is C47H31N3O. The third-order valence-electron chi connectivity index (χ3n) is 9.94. The van der Waals surface area contributed by atoms with Gasteiger partial charge in [-0.2, -0.15) is 0 Å². The minimum absolute atomic E-state index is 0.317. The van der Waals surface area contributed by atoms with E-state index in [1.54, 1.807) is 0 Å². The van der Waals surface area contributed by atoms with Gasteiger partial charge in [0.1, 0.15) is 23.2 Å². The van der Waals surface area contributed by atoms with E-state index in [0.29, 0.717) is 5.84 Å². The van der Waals surface area contributed by atoms with E-state index in [-0.39, 0.29) is 6.17 Å². The number of fused-ring (bicyclic) bond motifs is 5. The van der Waals surface area contributed by atoms with Gasteiger partial charge in [-0.05, 0) is 67.6 Å². The zero-order chi connectivity index (χ0) is 33.7. The van der Waals surface area contributed by atoms with Gasteiger partial charge in [-0.1, -0.05) is 158 Å². The number of benzene rings is 8. The first-order valence-corrected chi connectivity index (χ1v) is 17.3. The van der Waals surface area contributed by atoms with Crippen LogP contribution in [0.5, 0.6) is 0 Å². The number of hydrogen-bond acceptors (Lipinski definition) is 4. The van der Waals surface area contributed by atoms with Crippen LogP contribution in [0.4, 0.5) is 0 Å². The molecule has 0 bridgehead atoms. The number of aliphatic imine (C=N–C) groups is 2. The maximum Gasteiger partial charge on any atom is 0.159 e. The molecular weight excluding hydrogens is 623 g/mol. The van der Waals surface area contributed by atoms with Crippen LogP contribution in [0.25, 0.3) is 65.7 Å². The van der Waals surface area contributed by atoms with E-state index in [1.165, 1.54) is 27.3 Å². The highest BCUT2D eigenvalue weighted by Gasteiger charge is 2.25. The summed E-state index contributed by atoms with van der Waals surface area (Å²) in [6, 6.07) is 61.6. The van der Waals surface area contributed by atoms with Crippen molar-refractivity contribution in [3.8, 4) is 22.3 Å². The molecule has 2 heterocycles. The third kappa shape index (κ3) is 5.00. The van der Waals surface area contributed by atoms with Gasteiger partial charge in [0.15, 0.2) is 5.84 Å². The zero-order valence-corrected chi connectivity index (χ0v) is 27.6. The number of rotatable bonds is 5. The SMILES string of the molecule is c1ccc(-c2ccc(-c3cccc4oc5cccc(C6=NC(c7ccc8ccccc8c7)=NC(c7ccccc7)N6)c5c34)c3ccccc23)cc1. The zero-order valence-electron chi connectivity index (χ0n) is 27.6. The van der Waals surface area contributed by atoms with Gasteiger partial charge >= 0.3 is 0 Å². The van der Waals surface area contributed by atoms with E-state index in [9.17, 15) is 0 Å². The van der Waals surface area contributed by atoms with Crippen molar-refractivity contribution in [2.24, 2.45) is 9.98 Å². The molecule has 0 amide bonds. The average Bonchev–Trinajstić information content (AvgIpc) is 3.60. The summed E-state index contributed by atoms with van der Waals surface area (Å²) >= 11 is 0. The van der Waals surface area contributed by atoms with Crippen molar-refractivity contribution < 1.29 is 4.42 Å². The van der Waals surface area contributed by atoms with Crippen LogP contribution in [-0.2, 0) is 0 Å². The lowest BCUT2D eigenvalue weighted by Crippen LogP contribution is -2.33. The molecule has 1 N–H and O–H groups in total. The molecule has 1 aliphatic heterocycles. The highest BCUT2D eigenvalue weighted by Crippen LogP contribution is 2.42. The van der Waals surface area contributed by atoms with Gasteiger partial charge in [0.25, 0.3) is 0 Å². The standard InChI is InChI=1S/C47H31N3O/c1-3-14-31(15-4-1)35-27-28-38(37-20-10-9-19-36(35)37)39-21-11-23-41-43(39)44-40(22-12-24-42(44)51-41)47-49-45(32-16-5-2-6-17-32)48-46(50-47)34-26-25-30-13-7-8-18-33(30)29-34/h1-29,45H,(H,48,49,50). The summed E-state index contributed by atoms with van der Waals surface area (Å²) in [6.07, 6.45) is -0.317. The molecule has 0 radical (unpaired) electrons. The molecule has 0 aliphatic carbocycles. The number of amidine groups is 2. The second-order valence-corrected chi connectivity index (χ2v) is 13.0. The highest BCUT2D eigenvalue weighted by molar-refractivity contribution is 6.25. The van der Waals surface area contributed by atoms with Crippen molar-refractivity contribution in [2.45, 2.75) is 6.17 Å². The van der Waals surface area contributed by atoms with Crippen molar-refractivity contribution in [3.63, 3.8) is 0 Å². The summed E-state index contributed by atoms with van der Waals surface area (Å²) in [4.78, 5) is 10.4. The number of hydrogen-bond donors (Lipinski definition) is 1. The summed E-state index contributed by atoms with van der Waals surface area (Å²) in [5, 5.41) is 10.5. The molecule has 0 saturated heterocycles. The van der Waals surface area contributed by atoms with Crippen molar-refractivity contribution in [1.29, 1.82) is 0 Å².